The van der Waals surface area contributed by atoms with Crippen LogP contribution in [0.15, 0.2) is 53.9 Å². The van der Waals surface area contributed by atoms with Gasteiger partial charge in [0.15, 0.2) is 0 Å². The number of ether oxygens (including phenoxy) is 1. The van der Waals surface area contributed by atoms with E-state index in [1.807, 2.05) is 26.0 Å². The first kappa shape index (κ1) is 17.8. The summed E-state index contributed by atoms with van der Waals surface area (Å²) in [5.41, 5.74) is 5.59. The Morgan fingerprint density at radius 3 is 2.44 bits per heavy atom. The summed E-state index contributed by atoms with van der Waals surface area (Å²) < 4.78 is 5.74. The molecule has 1 atom stereocenters. The second-order valence-electron chi connectivity index (χ2n) is 7.30. The minimum absolute atomic E-state index is 0.0711. The summed E-state index contributed by atoms with van der Waals surface area (Å²) in [4.78, 5) is 13.7. The van der Waals surface area contributed by atoms with E-state index in [1.165, 1.54) is 10.4 Å². The number of nitrogens with one attached hydrogen (secondary N) is 1. The first-order chi connectivity index (χ1) is 13.0. The SMILES string of the molecule is Cc1ccc(-c2csc3c2NC(=O)C[C@@H]3c2ccc(OC(C)C)cc2)cc1. The summed E-state index contributed by atoms with van der Waals surface area (Å²) in [6, 6.07) is 16.6. The van der Waals surface area contributed by atoms with Crippen LogP contribution in [0.1, 0.15) is 42.2 Å². The third kappa shape index (κ3) is 3.62. The van der Waals surface area contributed by atoms with Crippen LogP contribution in [0.25, 0.3) is 11.1 Å². The first-order valence-electron chi connectivity index (χ1n) is 9.26. The van der Waals surface area contributed by atoms with Crippen molar-refractivity contribution in [2.75, 3.05) is 5.32 Å². The molecular weight excluding hydrogens is 354 g/mol. The van der Waals surface area contributed by atoms with E-state index in [4.69, 9.17) is 4.74 Å². The van der Waals surface area contributed by atoms with E-state index in [-0.39, 0.29) is 17.9 Å². The number of rotatable bonds is 4. The van der Waals surface area contributed by atoms with Crippen molar-refractivity contribution in [1.29, 1.82) is 0 Å². The number of carbonyl (C=O) groups is 1. The van der Waals surface area contributed by atoms with Gasteiger partial charge in [-0.15, -0.1) is 11.3 Å². The predicted molar refractivity (Wildman–Crippen MR) is 112 cm³/mol. The molecule has 27 heavy (non-hydrogen) atoms. The third-order valence-corrected chi connectivity index (χ3v) is 5.90. The molecule has 0 unspecified atom stereocenters. The number of benzene rings is 2. The molecule has 3 aromatic rings. The molecule has 3 nitrogen and oxygen atoms in total. The average molecular weight is 378 g/mol. The van der Waals surface area contributed by atoms with E-state index in [2.05, 4.69) is 54.0 Å². The molecule has 0 fully saturated rings. The van der Waals surface area contributed by atoms with Gasteiger partial charge in [0, 0.05) is 28.2 Å². The molecule has 1 amide bonds. The predicted octanol–water partition coefficient (Wildman–Crippen LogP) is 5.98. The van der Waals surface area contributed by atoms with Gasteiger partial charge >= 0.3 is 0 Å². The molecule has 2 aromatic carbocycles. The van der Waals surface area contributed by atoms with Gasteiger partial charge in [0.1, 0.15) is 5.75 Å². The van der Waals surface area contributed by atoms with Crippen LogP contribution in [0.2, 0.25) is 0 Å². The molecule has 1 aliphatic rings. The zero-order valence-corrected chi connectivity index (χ0v) is 16.6. The Kier molecular flexibility index (Phi) is 4.75. The van der Waals surface area contributed by atoms with Gasteiger partial charge in [0.2, 0.25) is 5.91 Å². The number of carbonyl (C=O) groups excluding carboxylic acids is 1. The number of hydrogen-bond acceptors (Lipinski definition) is 3. The summed E-state index contributed by atoms with van der Waals surface area (Å²) >= 11 is 1.72. The number of fused-ring (bicyclic) bond motifs is 1. The lowest BCUT2D eigenvalue weighted by molar-refractivity contribution is -0.116. The Morgan fingerprint density at radius 2 is 1.78 bits per heavy atom. The normalized spacial score (nSPS) is 16.1. The van der Waals surface area contributed by atoms with Gasteiger partial charge in [-0.3, -0.25) is 4.79 Å². The maximum atomic E-state index is 12.4. The molecule has 1 aromatic heterocycles. The van der Waals surface area contributed by atoms with Crippen LogP contribution in [0.5, 0.6) is 5.75 Å². The standard InChI is InChI=1S/C23H23NO2S/c1-14(2)26-18-10-8-16(9-11-18)19-12-21(25)24-22-20(13-27-23(19)22)17-6-4-15(3)5-7-17/h4-11,13-14,19H,12H2,1-3H3,(H,24,25)/t19-/m1/s1. The van der Waals surface area contributed by atoms with E-state index in [9.17, 15) is 4.79 Å². The van der Waals surface area contributed by atoms with Crippen LogP contribution in [-0.4, -0.2) is 12.0 Å². The van der Waals surface area contributed by atoms with Crippen LogP contribution < -0.4 is 10.1 Å². The second kappa shape index (κ2) is 7.20. The lowest BCUT2D eigenvalue weighted by atomic mass is 9.89. The number of thiophene rings is 1. The van der Waals surface area contributed by atoms with Crippen LogP contribution in [0.4, 0.5) is 5.69 Å². The van der Waals surface area contributed by atoms with Crippen molar-refractivity contribution in [1.82, 2.24) is 0 Å². The zero-order valence-electron chi connectivity index (χ0n) is 15.8. The fourth-order valence-corrected chi connectivity index (χ4v) is 4.65. The average Bonchev–Trinajstić information content (AvgIpc) is 3.05. The molecule has 0 spiro atoms. The van der Waals surface area contributed by atoms with Crippen molar-refractivity contribution in [2.45, 2.75) is 39.2 Å². The Labute approximate surface area is 164 Å². The summed E-state index contributed by atoms with van der Waals surface area (Å²) in [6.45, 7) is 6.12. The summed E-state index contributed by atoms with van der Waals surface area (Å²) in [5.74, 6) is 1.02. The largest absolute Gasteiger partial charge is 0.491 e. The first-order valence-corrected chi connectivity index (χ1v) is 10.1. The van der Waals surface area contributed by atoms with Crippen LogP contribution in [0.3, 0.4) is 0 Å². The molecule has 4 rings (SSSR count). The Bertz CT molecular complexity index is 955. The van der Waals surface area contributed by atoms with Gasteiger partial charge in [-0.2, -0.15) is 0 Å². The number of anilines is 1. The maximum Gasteiger partial charge on any atom is 0.225 e. The maximum absolute atomic E-state index is 12.4. The van der Waals surface area contributed by atoms with Crippen molar-refractivity contribution in [3.63, 3.8) is 0 Å². The van der Waals surface area contributed by atoms with Crippen molar-refractivity contribution in [3.8, 4) is 16.9 Å². The second-order valence-corrected chi connectivity index (χ2v) is 8.21. The topological polar surface area (TPSA) is 38.3 Å². The van der Waals surface area contributed by atoms with E-state index in [0.29, 0.717) is 6.42 Å². The zero-order chi connectivity index (χ0) is 19.0. The number of hydrogen-bond donors (Lipinski definition) is 1. The van der Waals surface area contributed by atoms with E-state index < -0.39 is 0 Å². The van der Waals surface area contributed by atoms with Gasteiger partial charge in [0.25, 0.3) is 0 Å². The summed E-state index contributed by atoms with van der Waals surface area (Å²) in [6.07, 6.45) is 0.628. The van der Waals surface area contributed by atoms with Crippen molar-refractivity contribution in [3.05, 3.63) is 69.9 Å². The lowest BCUT2D eigenvalue weighted by Crippen LogP contribution is -2.22. The molecule has 1 aliphatic heterocycles. The molecule has 0 bridgehead atoms. The van der Waals surface area contributed by atoms with Gasteiger partial charge in [-0.25, -0.2) is 0 Å². The molecule has 0 aliphatic carbocycles. The van der Waals surface area contributed by atoms with E-state index >= 15 is 0 Å². The Morgan fingerprint density at radius 1 is 1.07 bits per heavy atom. The highest BCUT2D eigenvalue weighted by Gasteiger charge is 2.30. The minimum atomic E-state index is 0.0711. The minimum Gasteiger partial charge on any atom is -0.491 e. The number of amides is 1. The third-order valence-electron chi connectivity index (χ3n) is 4.81. The fraction of sp³-hybridized carbons (Fsp3) is 0.261. The molecule has 0 radical (unpaired) electrons. The smallest absolute Gasteiger partial charge is 0.225 e. The van der Waals surface area contributed by atoms with Crippen molar-refractivity contribution >= 4 is 22.9 Å². The number of aryl methyl sites for hydroxylation is 1. The van der Waals surface area contributed by atoms with E-state index in [1.54, 1.807) is 11.3 Å². The molecular formula is C23H23NO2S. The lowest BCUT2D eigenvalue weighted by Gasteiger charge is -2.24. The van der Waals surface area contributed by atoms with Gasteiger partial charge in [-0.05, 0) is 44.0 Å². The molecule has 138 valence electrons. The molecule has 2 heterocycles. The highest BCUT2D eigenvalue weighted by molar-refractivity contribution is 7.11. The monoisotopic (exact) mass is 377 g/mol. The van der Waals surface area contributed by atoms with Crippen molar-refractivity contribution < 1.29 is 9.53 Å². The van der Waals surface area contributed by atoms with Crippen LogP contribution in [-0.2, 0) is 4.79 Å². The highest BCUT2D eigenvalue weighted by atomic mass is 32.1. The summed E-state index contributed by atoms with van der Waals surface area (Å²) in [7, 11) is 0. The van der Waals surface area contributed by atoms with Gasteiger partial charge < -0.3 is 10.1 Å². The Hall–Kier alpha value is -2.59. The molecule has 0 saturated carbocycles. The highest BCUT2D eigenvalue weighted by Crippen LogP contribution is 2.46. The van der Waals surface area contributed by atoms with Gasteiger partial charge in [-0.1, -0.05) is 42.0 Å². The van der Waals surface area contributed by atoms with E-state index in [0.717, 1.165) is 28.1 Å². The summed E-state index contributed by atoms with van der Waals surface area (Å²) in [5, 5.41) is 5.26. The molecule has 1 N–H and O–H groups in total. The van der Waals surface area contributed by atoms with Gasteiger partial charge in [0.05, 0.1) is 11.8 Å². The quantitative estimate of drug-likeness (QED) is 0.607. The molecule has 0 saturated heterocycles. The fourth-order valence-electron chi connectivity index (χ4n) is 3.49. The van der Waals surface area contributed by atoms with Crippen LogP contribution >= 0.6 is 11.3 Å². The van der Waals surface area contributed by atoms with Crippen molar-refractivity contribution in [2.24, 2.45) is 0 Å². The Balaban J connectivity index is 1.69. The molecule has 4 heteroatoms. The van der Waals surface area contributed by atoms with Crippen LogP contribution in [0, 0.1) is 6.92 Å².